The molecule has 1 amide bonds. The lowest BCUT2D eigenvalue weighted by Gasteiger charge is -2.09. The van der Waals surface area contributed by atoms with Crippen LogP contribution >= 0.6 is 0 Å². The van der Waals surface area contributed by atoms with E-state index >= 15 is 0 Å². The SMILES string of the molecule is Cc1cc(NC(=O)C=Cc2ccco2)cc(C(=O)O)c1C. The zero-order chi connectivity index (χ0) is 15.4. The summed E-state index contributed by atoms with van der Waals surface area (Å²) >= 11 is 0. The van der Waals surface area contributed by atoms with E-state index in [0.29, 0.717) is 17.0 Å². The van der Waals surface area contributed by atoms with Crippen molar-refractivity contribution in [1.29, 1.82) is 0 Å². The third-order valence-electron chi connectivity index (χ3n) is 3.11. The van der Waals surface area contributed by atoms with Gasteiger partial charge in [0.25, 0.3) is 0 Å². The van der Waals surface area contributed by atoms with Crippen molar-refractivity contribution in [2.24, 2.45) is 0 Å². The van der Waals surface area contributed by atoms with Crippen LogP contribution in [0.25, 0.3) is 6.08 Å². The van der Waals surface area contributed by atoms with E-state index in [4.69, 9.17) is 9.52 Å². The fourth-order valence-electron chi connectivity index (χ4n) is 1.88. The third-order valence-corrected chi connectivity index (χ3v) is 3.11. The molecule has 0 spiro atoms. The number of carbonyl (C=O) groups is 2. The van der Waals surface area contributed by atoms with Crippen LogP contribution in [-0.4, -0.2) is 17.0 Å². The predicted molar refractivity (Wildman–Crippen MR) is 79.2 cm³/mol. The minimum absolute atomic E-state index is 0.181. The largest absolute Gasteiger partial charge is 0.478 e. The quantitative estimate of drug-likeness (QED) is 0.845. The highest BCUT2D eigenvalue weighted by Crippen LogP contribution is 2.20. The highest BCUT2D eigenvalue weighted by atomic mass is 16.4. The van der Waals surface area contributed by atoms with Crippen LogP contribution in [0.3, 0.4) is 0 Å². The lowest BCUT2D eigenvalue weighted by Crippen LogP contribution is -2.10. The van der Waals surface area contributed by atoms with Gasteiger partial charge in [0.15, 0.2) is 0 Å². The van der Waals surface area contributed by atoms with Gasteiger partial charge in [-0.05, 0) is 55.3 Å². The molecule has 21 heavy (non-hydrogen) atoms. The molecule has 0 aliphatic carbocycles. The molecule has 0 unspecified atom stereocenters. The van der Waals surface area contributed by atoms with Crippen molar-refractivity contribution < 1.29 is 19.1 Å². The topological polar surface area (TPSA) is 79.5 Å². The Morgan fingerprint density at radius 2 is 2.05 bits per heavy atom. The molecule has 5 heteroatoms. The van der Waals surface area contributed by atoms with Crippen molar-refractivity contribution >= 4 is 23.6 Å². The molecular weight excluding hydrogens is 270 g/mol. The number of carbonyl (C=O) groups excluding carboxylic acids is 1. The molecule has 0 aliphatic heterocycles. The highest BCUT2D eigenvalue weighted by Gasteiger charge is 2.11. The van der Waals surface area contributed by atoms with E-state index < -0.39 is 5.97 Å². The van der Waals surface area contributed by atoms with Gasteiger partial charge in [0.1, 0.15) is 5.76 Å². The molecule has 0 fully saturated rings. The van der Waals surface area contributed by atoms with Gasteiger partial charge in [0.2, 0.25) is 5.91 Å². The Kier molecular flexibility index (Phi) is 4.23. The van der Waals surface area contributed by atoms with Crippen molar-refractivity contribution in [2.45, 2.75) is 13.8 Å². The second-order valence-electron chi connectivity index (χ2n) is 4.61. The van der Waals surface area contributed by atoms with Crippen LogP contribution in [0.4, 0.5) is 5.69 Å². The molecule has 2 rings (SSSR count). The zero-order valence-electron chi connectivity index (χ0n) is 11.7. The van der Waals surface area contributed by atoms with Gasteiger partial charge in [0.05, 0.1) is 11.8 Å². The minimum Gasteiger partial charge on any atom is -0.478 e. The molecule has 0 radical (unpaired) electrons. The van der Waals surface area contributed by atoms with Crippen molar-refractivity contribution in [3.63, 3.8) is 0 Å². The number of hydrogen-bond donors (Lipinski definition) is 2. The first-order valence-electron chi connectivity index (χ1n) is 6.34. The molecule has 1 aromatic carbocycles. The van der Waals surface area contributed by atoms with Gasteiger partial charge in [-0.2, -0.15) is 0 Å². The van der Waals surface area contributed by atoms with Crippen molar-refractivity contribution in [3.8, 4) is 0 Å². The number of carboxylic acid groups (broad SMARTS) is 1. The Labute approximate surface area is 121 Å². The van der Waals surface area contributed by atoms with Crippen LogP contribution in [0, 0.1) is 13.8 Å². The van der Waals surface area contributed by atoms with Gasteiger partial charge in [-0.25, -0.2) is 4.79 Å². The normalized spacial score (nSPS) is 10.8. The first-order valence-corrected chi connectivity index (χ1v) is 6.34. The average molecular weight is 285 g/mol. The summed E-state index contributed by atoms with van der Waals surface area (Å²) in [6.45, 7) is 3.54. The van der Waals surface area contributed by atoms with E-state index in [-0.39, 0.29) is 11.5 Å². The summed E-state index contributed by atoms with van der Waals surface area (Å²) in [5.41, 5.74) is 2.12. The lowest BCUT2D eigenvalue weighted by atomic mass is 10.0. The van der Waals surface area contributed by atoms with E-state index in [1.165, 1.54) is 24.5 Å². The number of benzene rings is 1. The molecule has 0 saturated carbocycles. The first-order chi connectivity index (χ1) is 9.97. The molecule has 0 atom stereocenters. The van der Waals surface area contributed by atoms with Crippen molar-refractivity contribution in [2.75, 3.05) is 5.32 Å². The summed E-state index contributed by atoms with van der Waals surface area (Å²) in [6.07, 6.45) is 4.38. The maximum Gasteiger partial charge on any atom is 0.336 e. The van der Waals surface area contributed by atoms with E-state index in [2.05, 4.69) is 5.32 Å². The van der Waals surface area contributed by atoms with Gasteiger partial charge in [-0.3, -0.25) is 4.79 Å². The molecule has 0 saturated heterocycles. The van der Waals surface area contributed by atoms with Crippen molar-refractivity contribution in [3.05, 3.63) is 59.1 Å². The van der Waals surface area contributed by atoms with Gasteiger partial charge >= 0.3 is 5.97 Å². The van der Waals surface area contributed by atoms with Crippen LogP contribution in [0.5, 0.6) is 0 Å². The molecule has 5 nitrogen and oxygen atoms in total. The molecule has 1 heterocycles. The number of aryl methyl sites for hydroxylation is 1. The number of aromatic carboxylic acids is 1. The Hall–Kier alpha value is -2.82. The molecule has 0 aliphatic rings. The summed E-state index contributed by atoms with van der Waals surface area (Å²) in [5, 5.41) is 11.8. The summed E-state index contributed by atoms with van der Waals surface area (Å²) < 4.78 is 5.08. The first kappa shape index (κ1) is 14.6. The van der Waals surface area contributed by atoms with Gasteiger partial charge in [0, 0.05) is 11.8 Å². The number of amides is 1. The van der Waals surface area contributed by atoms with E-state index in [9.17, 15) is 9.59 Å². The molecule has 2 N–H and O–H groups in total. The molecule has 1 aromatic heterocycles. The smallest absolute Gasteiger partial charge is 0.336 e. The van der Waals surface area contributed by atoms with Gasteiger partial charge in [-0.15, -0.1) is 0 Å². The monoisotopic (exact) mass is 285 g/mol. The minimum atomic E-state index is -1.02. The van der Waals surface area contributed by atoms with Crippen molar-refractivity contribution in [1.82, 2.24) is 0 Å². The summed E-state index contributed by atoms with van der Waals surface area (Å²) in [4.78, 5) is 23.0. The molecule has 108 valence electrons. The highest BCUT2D eigenvalue weighted by molar-refractivity contribution is 6.02. The number of furan rings is 1. The average Bonchev–Trinajstić information content (AvgIpc) is 2.93. The zero-order valence-corrected chi connectivity index (χ0v) is 11.7. The maximum absolute atomic E-state index is 11.8. The second-order valence-corrected chi connectivity index (χ2v) is 4.61. The summed E-state index contributed by atoms with van der Waals surface area (Å²) in [5.74, 6) is -0.805. The van der Waals surface area contributed by atoms with Crippen LogP contribution in [-0.2, 0) is 4.79 Å². The Balaban J connectivity index is 2.16. The fourth-order valence-corrected chi connectivity index (χ4v) is 1.88. The van der Waals surface area contributed by atoms with E-state index in [0.717, 1.165) is 5.56 Å². The fraction of sp³-hybridized carbons (Fsp3) is 0.125. The Morgan fingerprint density at radius 3 is 2.67 bits per heavy atom. The Morgan fingerprint density at radius 1 is 1.29 bits per heavy atom. The molecule has 2 aromatic rings. The van der Waals surface area contributed by atoms with Gasteiger partial charge in [-0.1, -0.05) is 0 Å². The van der Waals surface area contributed by atoms with Crippen LogP contribution in [0.15, 0.2) is 41.0 Å². The second kappa shape index (κ2) is 6.09. The number of hydrogen-bond acceptors (Lipinski definition) is 3. The number of carboxylic acids is 1. The van der Waals surface area contributed by atoms with Gasteiger partial charge < -0.3 is 14.8 Å². The Bertz CT molecular complexity index is 699. The molecule has 0 bridgehead atoms. The van der Waals surface area contributed by atoms with Crippen LogP contribution < -0.4 is 5.32 Å². The predicted octanol–water partition coefficient (Wildman–Crippen LogP) is 3.25. The van der Waals surface area contributed by atoms with E-state index in [1.54, 1.807) is 32.0 Å². The number of anilines is 1. The van der Waals surface area contributed by atoms with E-state index in [1.807, 2.05) is 0 Å². The lowest BCUT2D eigenvalue weighted by molar-refractivity contribution is -0.111. The molecular formula is C16H15NO4. The maximum atomic E-state index is 11.8. The number of rotatable bonds is 4. The standard InChI is InChI=1S/C16H15NO4/c1-10-8-12(9-14(11(10)2)16(19)20)17-15(18)6-5-13-4-3-7-21-13/h3-9H,1-2H3,(H,17,18)(H,19,20). The summed E-state index contributed by atoms with van der Waals surface area (Å²) in [6, 6.07) is 6.63. The van der Waals surface area contributed by atoms with Crippen LogP contribution in [0.2, 0.25) is 0 Å². The third kappa shape index (κ3) is 3.60. The number of nitrogens with one attached hydrogen (secondary N) is 1. The van der Waals surface area contributed by atoms with Crippen LogP contribution in [0.1, 0.15) is 27.2 Å². The summed E-state index contributed by atoms with van der Waals surface area (Å²) in [7, 11) is 0.